The molecule has 2 amide bonds. The molecule has 41 heavy (non-hydrogen) atoms. The van der Waals surface area contributed by atoms with Gasteiger partial charge in [0.25, 0.3) is 11.8 Å². The minimum atomic E-state index is -1.45. The fourth-order valence-electron chi connectivity index (χ4n) is 3.71. The molecule has 1 aliphatic rings. The number of amidine groups is 1. The van der Waals surface area contributed by atoms with Gasteiger partial charge in [-0.3, -0.25) is 14.4 Å². The van der Waals surface area contributed by atoms with E-state index in [1.165, 1.54) is 33.3 Å². The molecule has 15 heteroatoms. The van der Waals surface area contributed by atoms with Crippen molar-refractivity contribution in [3.63, 3.8) is 0 Å². The Morgan fingerprint density at radius 2 is 1.44 bits per heavy atom. The van der Waals surface area contributed by atoms with E-state index in [0.29, 0.717) is 17.1 Å². The molecule has 0 saturated carbocycles. The Balaban J connectivity index is 1.55. The highest BCUT2D eigenvalue weighted by Crippen LogP contribution is 2.43. The van der Waals surface area contributed by atoms with Gasteiger partial charge in [0.05, 0.1) is 67.5 Å². The summed E-state index contributed by atoms with van der Waals surface area (Å²) < 4.78 is 10.4. The van der Waals surface area contributed by atoms with Crippen LogP contribution in [0.4, 0.5) is 17.1 Å². The van der Waals surface area contributed by atoms with Crippen LogP contribution in [0.1, 0.15) is 22.8 Å². The van der Waals surface area contributed by atoms with Crippen LogP contribution >= 0.6 is 58.0 Å². The van der Waals surface area contributed by atoms with Gasteiger partial charge in [-0.05, 0) is 31.2 Å². The van der Waals surface area contributed by atoms with Crippen LogP contribution in [0.3, 0.4) is 0 Å². The SMILES string of the molecule is COc1cc(NC(=O)C(/N=N/c2ccc(/N=C3\NC(=O)c4c(Cl)c(Cl)c(Cl)c(Cl)c43)cc2)C(C)=O)c(OC)cc1Cl. The molecule has 0 radical (unpaired) electrons. The number of benzene rings is 3. The van der Waals surface area contributed by atoms with Crippen molar-refractivity contribution in [1.82, 2.24) is 5.32 Å². The number of rotatable bonds is 8. The molecule has 3 aromatic carbocycles. The average molecular weight is 658 g/mol. The van der Waals surface area contributed by atoms with E-state index < -0.39 is 23.6 Å². The first-order valence-corrected chi connectivity index (χ1v) is 13.4. The highest BCUT2D eigenvalue weighted by Gasteiger charge is 2.34. The highest BCUT2D eigenvalue weighted by molar-refractivity contribution is 6.55. The summed E-state index contributed by atoms with van der Waals surface area (Å²) in [6.07, 6.45) is 0. The minimum absolute atomic E-state index is 0.00486. The van der Waals surface area contributed by atoms with Gasteiger partial charge in [-0.1, -0.05) is 58.0 Å². The van der Waals surface area contributed by atoms with E-state index in [1.54, 1.807) is 24.3 Å². The molecule has 1 aliphatic heterocycles. The molecule has 0 saturated heterocycles. The van der Waals surface area contributed by atoms with Gasteiger partial charge >= 0.3 is 0 Å². The van der Waals surface area contributed by atoms with E-state index in [1.807, 2.05) is 0 Å². The Kier molecular flexibility index (Phi) is 9.41. The molecular weight excluding hydrogens is 640 g/mol. The molecule has 10 nitrogen and oxygen atoms in total. The Labute approximate surface area is 258 Å². The Morgan fingerprint density at radius 3 is 2.02 bits per heavy atom. The maximum atomic E-state index is 12.9. The molecule has 212 valence electrons. The Morgan fingerprint density at radius 1 is 0.854 bits per heavy atom. The lowest BCUT2D eigenvalue weighted by molar-refractivity contribution is -0.126. The van der Waals surface area contributed by atoms with Gasteiger partial charge in [0.1, 0.15) is 17.3 Å². The molecule has 1 atom stereocenters. The lowest BCUT2D eigenvalue weighted by atomic mass is 10.1. The van der Waals surface area contributed by atoms with Gasteiger partial charge in [0, 0.05) is 12.1 Å². The summed E-state index contributed by atoms with van der Waals surface area (Å²) in [6, 6.07) is 7.72. The monoisotopic (exact) mass is 655 g/mol. The van der Waals surface area contributed by atoms with Gasteiger partial charge in [0.15, 0.2) is 5.78 Å². The number of ketones is 1. The number of hydrogen-bond acceptors (Lipinski definition) is 8. The van der Waals surface area contributed by atoms with E-state index in [0.717, 1.165) is 0 Å². The number of azo groups is 1. The summed E-state index contributed by atoms with van der Waals surface area (Å²) >= 11 is 30.9. The van der Waals surface area contributed by atoms with Crippen LogP contribution in [0.2, 0.25) is 25.1 Å². The summed E-state index contributed by atoms with van der Waals surface area (Å²) in [5.41, 5.74) is 1.26. The van der Waals surface area contributed by atoms with Crippen molar-refractivity contribution in [3.8, 4) is 11.5 Å². The molecule has 2 N–H and O–H groups in total. The fraction of sp³-hybridized carbons (Fsp3) is 0.154. The van der Waals surface area contributed by atoms with E-state index >= 15 is 0 Å². The number of amides is 2. The second-order valence-electron chi connectivity index (χ2n) is 8.34. The van der Waals surface area contributed by atoms with Crippen LogP contribution in [-0.2, 0) is 9.59 Å². The number of hydrogen-bond donors (Lipinski definition) is 2. The molecule has 0 aliphatic carbocycles. The van der Waals surface area contributed by atoms with Crippen LogP contribution in [0.25, 0.3) is 0 Å². The van der Waals surface area contributed by atoms with Crippen LogP contribution < -0.4 is 20.1 Å². The van der Waals surface area contributed by atoms with Crippen LogP contribution in [0.15, 0.2) is 51.6 Å². The number of carbonyl (C=O) groups is 3. The van der Waals surface area contributed by atoms with E-state index in [-0.39, 0.29) is 53.5 Å². The van der Waals surface area contributed by atoms with Crippen LogP contribution in [0, 0.1) is 0 Å². The number of aliphatic imine (C=N–C) groups is 1. The number of anilines is 1. The number of halogens is 5. The second kappa shape index (κ2) is 12.6. The minimum Gasteiger partial charge on any atom is -0.495 e. The first-order valence-electron chi connectivity index (χ1n) is 11.5. The van der Waals surface area contributed by atoms with Gasteiger partial charge < -0.3 is 20.1 Å². The van der Waals surface area contributed by atoms with Crippen molar-refractivity contribution in [3.05, 3.63) is 72.6 Å². The third-order valence-electron chi connectivity index (χ3n) is 5.71. The van der Waals surface area contributed by atoms with Crippen LogP contribution in [0.5, 0.6) is 11.5 Å². The fourth-order valence-corrected chi connectivity index (χ4v) is 4.97. The summed E-state index contributed by atoms with van der Waals surface area (Å²) in [5, 5.41) is 13.4. The zero-order chi connectivity index (χ0) is 30.0. The number of fused-ring (bicyclic) bond motifs is 1. The van der Waals surface area contributed by atoms with Gasteiger partial charge in [-0.15, -0.1) is 0 Å². The van der Waals surface area contributed by atoms with Gasteiger partial charge in [-0.2, -0.15) is 10.2 Å². The Bertz CT molecular complexity index is 1640. The smallest absolute Gasteiger partial charge is 0.259 e. The summed E-state index contributed by atoms with van der Waals surface area (Å²) in [6.45, 7) is 1.21. The number of methoxy groups -OCH3 is 2. The molecule has 3 aromatic rings. The predicted molar refractivity (Wildman–Crippen MR) is 159 cm³/mol. The first kappa shape index (κ1) is 30.5. The quantitative estimate of drug-likeness (QED) is 0.112. The standard InChI is InChI=1S/C26H18Cl5N5O5/c1-10(37)23(26(39)33-14-9-15(40-2)13(27)8-16(14)41-3)36-35-12-6-4-11(5-7-12)32-24-17-18(25(38)34-24)20(29)22(31)21(30)19(17)28/h4-9,23H,1-3H3,(H,33,39)(H,32,34,38)/b36-35+. The van der Waals surface area contributed by atoms with Crippen molar-refractivity contribution in [1.29, 1.82) is 0 Å². The maximum Gasteiger partial charge on any atom is 0.259 e. The lowest BCUT2D eigenvalue weighted by Gasteiger charge is -2.14. The number of ether oxygens (including phenoxy) is 2. The zero-order valence-electron chi connectivity index (χ0n) is 21.3. The number of carbonyl (C=O) groups excluding carboxylic acids is 3. The molecule has 1 heterocycles. The largest absolute Gasteiger partial charge is 0.495 e. The molecule has 0 spiro atoms. The molecule has 0 fully saturated rings. The van der Waals surface area contributed by atoms with E-state index in [9.17, 15) is 14.4 Å². The topological polar surface area (TPSA) is 131 Å². The van der Waals surface area contributed by atoms with E-state index in [4.69, 9.17) is 67.5 Å². The summed E-state index contributed by atoms with van der Waals surface area (Å²) in [7, 11) is 2.82. The summed E-state index contributed by atoms with van der Waals surface area (Å²) in [5.74, 6) is -1.12. The van der Waals surface area contributed by atoms with Crippen LogP contribution in [-0.4, -0.2) is 43.7 Å². The van der Waals surface area contributed by atoms with Crippen molar-refractivity contribution in [2.75, 3.05) is 19.5 Å². The third-order valence-corrected chi connectivity index (χ3v) is 7.80. The van der Waals surface area contributed by atoms with Crippen molar-refractivity contribution in [2.45, 2.75) is 13.0 Å². The average Bonchev–Trinajstić information content (AvgIpc) is 3.27. The summed E-state index contributed by atoms with van der Waals surface area (Å²) in [4.78, 5) is 42.0. The van der Waals surface area contributed by atoms with E-state index in [2.05, 4.69) is 25.9 Å². The highest BCUT2D eigenvalue weighted by atomic mass is 35.5. The number of Topliss-reactive ketones (excluding diaryl/α,β-unsaturated/α-hetero) is 1. The number of nitrogens with one attached hydrogen (secondary N) is 2. The van der Waals surface area contributed by atoms with Crippen molar-refractivity contribution < 1.29 is 23.9 Å². The lowest BCUT2D eigenvalue weighted by Crippen LogP contribution is -2.32. The molecule has 4 rings (SSSR count). The second-order valence-corrected chi connectivity index (χ2v) is 10.3. The third kappa shape index (κ3) is 6.27. The molecule has 0 bridgehead atoms. The molecule has 1 unspecified atom stereocenters. The van der Waals surface area contributed by atoms with Crippen molar-refractivity contribution >= 4 is 98.5 Å². The Hall–Kier alpha value is -3.41. The first-order chi connectivity index (χ1) is 19.5. The van der Waals surface area contributed by atoms with Gasteiger partial charge in [-0.25, -0.2) is 4.99 Å². The molecule has 0 aromatic heterocycles. The number of nitrogens with zero attached hydrogens (tertiary/aromatic N) is 3. The van der Waals surface area contributed by atoms with Gasteiger partial charge in [0.2, 0.25) is 6.04 Å². The zero-order valence-corrected chi connectivity index (χ0v) is 25.1. The normalized spacial score (nSPS) is 14.1. The maximum absolute atomic E-state index is 12.9. The molecular formula is C26H18Cl5N5O5. The van der Waals surface area contributed by atoms with Crippen molar-refractivity contribution in [2.24, 2.45) is 15.2 Å². The predicted octanol–water partition coefficient (Wildman–Crippen LogP) is 7.47.